The summed E-state index contributed by atoms with van der Waals surface area (Å²) in [5.41, 5.74) is 2.78. The van der Waals surface area contributed by atoms with Crippen molar-refractivity contribution in [2.45, 2.75) is 57.2 Å². The summed E-state index contributed by atoms with van der Waals surface area (Å²) >= 11 is 5.64. The first-order valence-electron chi connectivity index (χ1n) is 11.5. The normalized spacial score (nSPS) is 19.6. The molecule has 0 spiro atoms. The van der Waals surface area contributed by atoms with Crippen LogP contribution in [0.4, 0.5) is 23.7 Å². The fraction of sp³-hybridized carbons (Fsp3) is 0.417. The van der Waals surface area contributed by atoms with Gasteiger partial charge in [0.1, 0.15) is 5.75 Å². The first-order chi connectivity index (χ1) is 17.2. The Morgan fingerprint density at radius 3 is 2.72 bits per heavy atom. The summed E-state index contributed by atoms with van der Waals surface area (Å²) in [7, 11) is 0. The number of urea groups is 1. The molecule has 1 saturated heterocycles. The van der Waals surface area contributed by atoms with Crippen LogP contribution in [0, 0.1) is 0 Å². The number of carbonyl (C=O) groups is 2. The zero-order valence-electron chi connectivity index (χ0n) is 19.1. The van der Waals surface area contributed by atoms with Crippen LogP contribution in [0.2, 0.25) is 5.02 Å². The molecule has 1 fully saturated rings. The molecule has 3 N–H and O–H groups in total. The number of benzene rings is 2. The molecule has 2 aliphatic rings. The molecule has 0 aliphatic carbocycles. The fourth-order valence-corrected chi connectivity index (χ4v) is 4.16. The van der Waals surface area contributed by atoms with Gasteiger partial charge in [-0.1, -0.05) is 29.8 Å². The number of nitrogens with one attached hydrogen (secondary N) is 3. The second kappa shape index (κ2) is 11.4. The molecule has 0 radical (unpaired) electrons. The van der Waals surface area contributed by atoms with Crippen molar-refractivity contribution in [2.75, 3.05) is 11.9 Å². The number of halogens is 4. The van der Waals surface area contributed by atoms with Gasteiger partial charge >= 0.3 is 12.2 Å². The molecule has 0 bridgehead atoms. The molecule has 2 aromatic carbocycles. The summed E-state index contributed by atoms with van der Waals surface area (Å²) in [6.45, 7) is 0.417. The predicted octanol–water partition coefficient (Wildman–Crippen LogP) is 4.95. The van der Waals surface area contributed by atoms with E-state index in [9.17, 15) is 22.8 Å². The average molecular weight is 528 g/mol. The summed E-state index contributed by atoms with van der Waals surface area (Å²) in [5, 5.41) is 4.73. The Balaban J connectivity index is 1.35. The van der Waals surface area contributed by atoms with Gasteiger partial charge in [0, 0.05) is 19.6 Å². The Labute approximate surface area is 210 Å². The summed E-state index contributed by atoms with van der Waals surface area (Å²) in [5.74, 6) is -0.115. The second-order valence-corrected chi connectivity index (χ2v) is 8.85. The highest BCUT2D eigenvalue weighted by atomic mass is 35.5. The quantitative estimate of drug-likeness (QED) is 0.462. The van der Waals surface area contributed by atoms with E-state index in [1.807, 2.05) is 6.07 Å². The van der Waals surface area contributed by atoms with E-state index in [0.717, 1.165) is 30.5 Å². The lowest BCUT2D eigenvalue weighted by Crippen LogP contribution is -2.43. The van der Waals surface area contributed by atoms with Gasteiger partial charge in [0.25, 0.3) is 5.91 Å². The number of hydrogen-bond acceptors (Lipinski definition) is 5. The molecule has 2 heterocycles. The largest absolute Gasteiger partial charge is 0.478 e. The highest BCUT2D eigenvalue weighted by Crippen LogP contribution is 2.36. The first kappa shape index (κ1) is 26.1. The highest BCUT2D eigenvalue weighted by molar-refractivity contribution is 6.31. The molecule has 8 nitrogen and oxygen atoms in total. The molecule has 2 unspecified atom stereocenters. The van der Waals surface area contributed by atoms with E-state index in [1.165, 1.54) is 6.07 Å². The third-order valence-electron chi connectivity index (χ3n) is 5.79. The van der Waals surface area contributed by atoms with Crippen LogP contribution in [0.5, 0.6) is 5.75 Å². The minimum Gasteiger partial charge on any atom is -0.478 e. The van der Waals surface area contributed by atoms with Gasteiger partial charge in [0.15, 0.2) is 12.4 Å². The van der Waals surface area contributed by atoms with Gasteiger partial charge in [-0.15, -0.1) is 0 Å². The average Bonchev–Trinajstić information content (AvgIpc) is 2.86. The first-order valence-corrected chi connectivity index (χ1v) is 11.8. The van der Waals surface area contributed by atoms with Crippen LogP contribution in [0.3, 0.4) is 0 Å². The maximum absolute atomic E-state index is 13.1. The molecule has 2 atom stereocenters. The van der Waals surface area contributed by atoms with Crippen LogP contribution in [0.1, 0.15) is 42.4 Å². The summed E-state index contributed by atoms with van der Waals surface area (Å²) in [4.78, 5) is 30.4. The van der Waals surface area contributed by atoms with Gasteiger partial charge in [0.2, 0.25) is 0 Å². The van der Waals surface area contributed by atoms with E-state index in [-0.39, 0.29) is 12.1 Å². The van der Waals surface area contributed by atoms with Crippen molar-refractivity contribution in [3.05, 3.63) is 58.1 Å². The van der Waals surface area contributed by atoms with E-state index in [0.29, 0.717) is 37.3 Å². The number of anilines is 1. The number of aryl methyl sites for hydroxylation is 1. The van der Waals surface area contributed by atoms with Gasteiger partial charge in [-0.3, -0.25) is 4.79 Å². The standard InChI is InChI=1S/C24H25ClF3N3O5/c25-17-9-7-14(12-16(17)24(26,27)28)13-29-23(33)30-18-5-3-4-15-8-10-19(35-21(15)18)22(32)31-36-20-6-1-2-11-34-20/h3-5,7,9,12,19-20H,1-2,6,8,10-11,13H2,(H,31,32)(H2,29,30,33). The second-order valence-electron chi connectivity index (χ2n) is 8.44. The van der Waals surface area contributed by atoms with Gasteiger partial charge in [-0.05, 0) is 55.0 Å². The molecule has 0 saturated carbocycles. The predicted molar refractivity (Wildman–Crippen MR) is 124 cm³/mol. The van der Waals surface area contributed by atoms with Crippen molar-refractivity contribution in [1.29, 1.82) is 0 Å². The van der Waals surface area contributed by atoms with Crippen molar-refractivity contribution < 1.29 is 37.1 Å². The number of ether oxygens (including phenoxy) is 2. The Hall–Kier alpha value is -3.02. The number of amides is 3. The van der Waals surface area contributed by atoms with Gasteiger partial charge in [-0.25, -0.2) is 15.1 Å². The lowest BCUT2D eigenvalue weighted by atomic mass is 10.0. The van der Waals surface area contributed by atoms with E-state index >= 15 is 0 Å². The van der Waals surface area contributed by atoms with Crippen LogP contribution in [-0.2, 0) is 33.5 Å². The number of alkyl halides is 3. The number of hydroxylamine groups is 1. The molecule has 4 rings (SSSR count). The SMILES string of the molecule is O=C(NCc1ccc(Cl)c(C(F)(F)F)c1)Nc1cccc2c1OC(C(=O)NOC1CCCCO1)CC2. The van der Waals surface area contributed by atoms with Gasteiger partial charge < -0.3 is 20.1 Å². The topological polar surface area (TPSA) is 97.9 Å². The van der Waals surface area contributed by atoms with Crippen molar-refractivity contribution >= 4 is 29.2 Å². The van der Waals surface area contributed by atoms with E-state index in [1.54, 1.807) is 12.1 Å². The maximum atomic E-state index is 13.1. The molecular formula is C24H25ClF3N3O5. The minimum atomic E-state index is -4.60. The van der Waals surface area contributed by atoms with Crippen molar-refractivity contribution in [2.24, 2.45) is 0 Å². The Morgan fingerprint density at radius 1 is 1.14 bits per heavy atom. The molecule has 2 aromatic rings. The highest BCUT2D eigenvalue weighted by Gasteiger charge is 2.33. The summed E-state index contributed by atoms with van der Waals surface area (Å²) < 4.78 is 50.5. The third kappa shape index (κ3) is 6.59. The number of rotatable bonds is 6. The summed E-state index contributed by atoms with van der Waals surface area (Å²) in [6.07, 6.45) is -2.38. The van der Waals surface area contributed by atoms with E-state index < -0.39 is 41.1 Å². The lowest BCUT2D eigenvalue weighted by Gasteiger charge is -2.28. The Morgan fingerprint density at radius 2 is 1.97 bits per heavy atom. The fourth-order valence-electron chi connectivity index (χ4n) is 3.93. The zero-order chi connectivity index (χ0) is 25.7. The molecule has 36 heavy (non-hydrogen) atoms. The number of hydrogen-bond donors (Lipinski definition) is 3. The zero-order valence-corrected chi connectivity index (χ0v) is 19.9. The van der Waals surface area contributed by atoms with Crippen LogP contribution < -0.4 is 20.9 Å². The molecule has 3 amide bonds. The molecule has 2 aliphatic heterocycles. The van der Waals surface area contributed by atoms with Crippen LogP contribution in [-0.4, -0.2) is 30.9 Å². The van der Waals surface area contributed by atoms with Crippen molar-refractivity contribution in [1.82, 2.24) is 10.8 Å². The van der Waals surface area contributed by atoms with Crippen molar-refractivity contribution in [3.8, 4) is 5.75 Å². The van der Waals surface area contributed by atoms with E-state index in [4.69, 9.17) is 25.9 Å². The Kier molecular flexibility index (Phi) is 8.22. The molecule has 0 aromatic heterocycles. The molecular weight excluding hydrogens is 503 g/mol. The van der Waals surface area contributed by atoms with Crippen LogP contribution in [0.25, 0.3) is 0 Å². The smallest absolute Gasteiger partial charge is 0.417 e. The summed E-state index contributed by atoms with van der Waals surface area (Å²) in [6, 6.07) is 7.93. The maximum Gasteiger partial charge on any atom is 0.417 e. The van der Waals surface area contributed by atoms with Gasteiger partial charge in [0.05, 0.1) is 16.3 Å². The number of carbonyl (C=O) groups excluding carboxylic acids is 2. The molecule has 194 valence electrons. The molecule has 12 heteroatoms. The van der Waals surface area contributed by atoms with Crippen LogP contribution >= 0.6 is 11.6 Å². The van der Waals surface area contributed by atoms with Crippen LogP contribution in [0.15, 0.2) is 36.4 Å². The van der Waals surface area contributed by atoms with E-state index in [2.05, 4.69) is 16.1 Å². The lowest BCUT2D eigenvalue weighted by molar-refractivity contribution is -0.203. The Bertz CT molecular complexity index is 1110. The minimum absolute atomic E-state index is 0.159. The third-order valence-corrected chi connectivity index (χ3v) is 6.12. The van der Waals surface area contributed by atoms with Gasteiger partial charge in [-0.2, -0.15) is 13.2 Å². The number of para-hydroxylation sites is 1. The monoisotopic (exact) mass is 527 g/mol. The number of fused-ring (bicyclic) bond motifs is 1. The van der Waals surface area contributed by atoms with Crippen molar-refractivity contribution in [3.63, 3.8) is 0 Å².